The van der Waals surface area contributed by atoms with Gasteiger partial charge in [0.1, 0.15) is 6.61 Å². The molecule has 5 nitrogen and oxygen atoms in total. The van der Waals surface area contributed by atoms with Gasteiger partial charge in [0.05, 0.1) is 9.50 Å². The standard InChI is InChI=1S/C21H17BrClN3O2/c22-17-10-13(8-9-19-25-26-21(24)28-19)11-18(23)20(17)27-12-15-6-3-5-14-4-1-2-7-16(14)15/h1-7,10-11H,8-9,12H2,(H2,24,26). The molecule has 0 saturated carbocycles. The van der Waals surface area contributed by atoms with Gasteiger partial charge < -0.3 is 14.9 Å². The lowest BCUT2D eigenvalue weighted by Crippen LogP contribution is -1.99. The zero-order chi connectivity index (χ0) is 19.5. The summed E-state index contributed by atoms with van der Waals surface area (Å²) in [6, 6.07) is 18.4. The molecule has 7 heteroatoms. The second-order valence-corrected chi connectivity index (χ2v) is 7.61. The highest BCUT2D eigenvalue weighted by atomic mass is 79.9. The molecule has 3 aromatic carbocycles. The van der Waals surface area contributed by atoms with E-state index < -0.39 is 0 Å². The molecule has 2 N–H and O–H groups in total. The predicted octanol–water partition coefficient (Wildman–Crippen LogP) is 5.59. The van der Waals surface area contributed by atoms with Gasteiger partial charge in [-0.25, -0.2) is 0 Å². The highest BCUT2D eigenvalue weighted by Gasteiger charge is 2.12. The van der Waals surface area contributed by atoms with Crippen LogP contribution in [-0.2, 0) is 19.4 Å². The molecular weight excluding hydrogens is 442 g/mol. The van der Waals surface area contributed by atoms with Crippen LogP contribution in [-0.4, -0.2) is 10.2 Å². The minimum atomic E-state index is 0.0754. The van der Waals surface area contributed by atoms with E-state index in [0.717, 1.165) is 15.6 Å². The number of anilines is 1. The van der Waals surface area contributed by atoms with Crippen molar-refractivity contribution >= 4 is 44.3 Å². The van der Waals surface area contributed by atoms with Crippen molar-refractivity contribution in [3.05, 3.63) is 81.1 Å². The largest absolute Gasteiger partial charge is 0.486 e. The third kappa shape index (κ3) is 4.13. The summed E-state index contributed by atoms with van der Waals surface area (Å²) < 4.78 is 12.1. The van der Waals surface area contributed by atoms with E-state index in [2.05, 4.69) is 50.4 Å². The van der Waals surface area contributed by atoms with Crippen LogP contribution in [0.4, 0.5) is 6.01 Å². The van der Waals surface area contributed by atoms with Gasteiger partial charge in [0.15, 0.2) is 5.75 Å². The highest BCUT2D eigenvalue weighted by molar-refractivity contribution is 9.10. The van der Waals surface area contributed by atoms with Gasteiger partial charge in [-0.1, -0.05) is 59.2 Å². The third-order valence-corrected chi connectivity index (χ3v) is 5.29. The molecule has 1 aromatic heterocycles. The fraction of sp³-hybridized carbons (Fsp3) is 0.143. The molecule has 0 radical (unpaired) electrons. The van der Waals surface area contributed by atoms with Crippen LogP contribution in [0.25, 0.3) is 10.8 Å². The molecule has 0 aliphatic carbocycles. The number of aromatic nitrogens is 2. The van der Waals surface area contributed by atoms with Crippen molar-refractivity contribution in [2.24, 2.45) is 0 Å². The maximum absolute atomic E-state index is 6.48. The third-order valence-electron chi connectivity index (χ3n) is 4.42. The number of rotatable bonds is 6. The second kappa shape index (κ2) is 8.20. The normalized spacial score (nSPS) is 11.1. The summed E-state index contributed by atoms with van der Waals surface area (Å²) in [6.07, 6.45) is 1.28. The minimum absolute atomic E-state index is 0.0754. The molecule has 0 spiro atoms. The van der Waals surface area contributed by atoms with E-state index >= 15 is 0 Å². The Morgan fingerprint density at radius 3 is 2.64 bits per heavy atom. The Balaban J connectivity index is 1.49. The molecule has 142 valence electrons. The Labute approximate surface area is 175 Å². The number of benzene rings is 3. The van der Waals surface area contributed by atoms with Gasteiger partial charge in [0, 0.05) is 6.42 Å². The molecule has 0 unspecified atom stereocenters. The highest BCUT2D eigenvalue weighted by Crippen LogP contribution is 2.36. The molecule has 28 heavy (non-hydrogen) atoms. The van der Waals surface area contributed by atoms with E-state index in [9.17, 15) is 0 Å². The molecule has 0 aliphatic heterocycles. The molecule has 0 fully saturated rings. The van der Waals surface area contributed by atoms with E-state index in [1.807, 2.05) is 30.3 Å². The smallest absolute Gasteiger partial charge is 0.312 e. The van der Waals surface area contributed by atoms with Crippen LogP contribution in [0, 0.1) is 0 Å². The molecule has 0 bridgehead atoms. The van der Waals surface area contributed by atoms with Crippen molar-refractivity contribution in [3.8, 4) is 5.75 Å². The Morgan fingerprint density at radius 1 is 1.04 bits per heavy atom. The summed E-state index contributed by atoms with van der Waals surface area (Å²) in [5.74, 6) is 1.13. The lowest BCUT2D eigenvalue weighted by molar-refractivity contribution is 0.306. The molecule has 0 atom stereocenters. The second-order valence-electron chi connectivity index (χ2n) is 6.35. The van der Waals surface area contributed by atoms with Gasteiger partial charge in [-0.2, -0.15) is 0 Å². The van der Waals surface area contributed by atoms with Gasteiger partial charge in [-0.05, 0) is 56.4 Å². The van der Waals surface area contributed by atoms with E-state index in [0.29, 0.717) is 36.1 Å². The van der Waals surface area contributed by atoms with E-state index in [4.69, 9.17) is 26.5 Å². The molecule has 0 saturated heterocycles. The molecule has 4 rings (SSSR count). The van der Waals surface area contributed by atoms with Gasteiger partial charge >= 0.3 is 6.01 Å². The van der Waals surface area contributed by atoms with Crippen molar-refractivity contribution in [1.82, 2.24) is 10.2 Å². The summed E-state index contributed by atoms with van der Waals surface area (Å²) in [4.78, 5) is 0. The van der Waals surface area contributed by atoms with Crippen molar-refractivity contribution in [3.63, 3.8) is 0 Å². The van der Waals surface area contributed by atoms with Gasteiger partial charge in [-0.3, -0.25) is 0 Å². The van der Waals surface area contributed by atoms with Crippen LogP contribution in [0.5, 0.6) is 5.75 Å². The topological polar surface area (TPSA) is 74.2 Å². The Kier molecular flexibility index (Phi) is 5.50. The lowest BCUT2D eigenvalue weighted by Gasteiger charge is -2.13. The molecule has 0 amide bonds. The summed E-state index contributed by atoms with van der Waals surface area (Å²) in [7, 11) is 0. The molecule has 0 aliphatic rings. The average molecular weight is 459 g/mol. The lowest BCUT2D eigenvalue weighted by atomic mass is 10.1. The van der Waals surface area contributed by atoms with Crippen LogP contribution in [0.2, 0.25) is 5.02 Å². The quantitative estimate of drug-likeness (QED) is 0.408. The van der Waals surface area contributed by atoms with Gasteiger partial charge in [0.25, 0.3) is 0 Å². The summed E-state index contributed by atoms with van der Waals surface area (Å²) in [5, 5.41) is 10.4. The summed E-state index contributed by atoms with van der Waals surface area (Å²) in [5.41, 5.74) is 7.59. The number of ether oxygens (including phenoxy) is 1. The van der Waals surface area contributed by atoms with Crippen molar-refractivity contribution in [2.75, 3.05) is 5.73 Å². The van der Waals surface area contributed by atoms with Crippen molar-refractivity contribution in [1.29, 1.82) is 0 Å². The zero-order valence-corrected chi connectivity index (χ0v) is 17.2. The number of hydrogen-bond donors (Lipinski definition) is 1. The fourth-order valence-corrected chi connectivity index (χ4v) is 4.11. The zero-order valence-electron chi connectivity index (χ0n) is 14.9. The van der Waals surface area contributed by atoms with Crippen LogP contribution < -0.4 is 10.5 Å². The number of nitrogens with zero attached hydrogens (tertiary/aromatic N) is 2. The molecule has 4 aromatic rings. The number of nitrogen functional groups attached to an aromatic ring is 1. The monoisotopic (exact) mass is 457 g/mol. The average Bonchev–Trinajstić information content (AvgIpc) is 3.11. The number of halogens is 2. The van der Waals surface area contributed by atoms with Crippen LogP contribution in [0.15, 0.2) is 63.5 Å². The Bertz CT molecular complexity index is 1100. The number of fused-ring (bicyclic) bond motifs is 1. The number of aryl methyl sites for hydroxylation is 2. The van der Waals surface area contributed by atoms with Crippen molar-refractivity contribution in [2.45, 2.75) is 19.4 Å². The minimum Gasteiger partial charge on any atom is -0.486 e. The first kappa shape index (κ1) is 18.8. The molecular formula is C21H17BrClN3O2. The van der Waals surface area contributed by atoms with Crippen LogP contribution >= 0.6 is 27.5 Å². The predicted molar refractivity (Wildman–Crippen MR) is 114 cm³/mol. The number of hydrogen-bond acceptors (Lipinski definition) is 5. The first-order valence-electron chi connectivity index (χ1n) is 8.75. The fourth-order valence-electron chi connectivity index (χ4n) is 3.08. The first-order chi connectivity index (χ1) is 13.6. The SMILES string of the molecule is Nc1nnc(CCc2cc(Cl)c(OCc3cccc4ccccc34)c(Br)c2)o1. The van der Waals surface area contributed by atoms with Gasteiger partial charge in [0.2, 0.25) is 5.89 Å². The van der Waals surface area contributed by atoms with Crippen LogP contribution in [0.1, 0.15) is 17.0 Å². The van der Waals surface area contributed by atoms with Gasteiger partial charge in [-0.15, -0.1) is 5.10 Å². The van der Waals surface area contributed by atoms with Crippen LogP contribution in [0.3, 0.4) is 0 Å². The summed E-state index contributed by atoms with van der Waals surface area (Å²) >= 11 is 10.0. The Morgan fingerprint density at radius 2 is 1.86 bits per heavy atom. The maximum Gasteiger partial charge on any atom is 0.312 e. The number of nitrogens with two attached hydrogens (primary N) is 1. The molecule has 1 heterocycles. The van der Waals surface area contributed by atoms with Crippen molar-refractivity contribution < 1.29 is 9.15 Å². The van der Waals surface area contributed by atoms with E-state index in [1.54, 1.807) is 0 Å². The maximum atomic E-state index is 6.48. The van der Waals surface area contributed by atoms with E-state index in [-0.39, 0.29) is 6.01 Å². The Hall–Kier alpha value is -2.57. The summed E-state index contributed by atoms with van der Waals surface area (Å²) in [6.45, 7) is 0.431. The van der Waals surface area contributed by atoms with E-state index in [1.165, 1.54) is 10.8 Å². The first-order valence-corrected chi connectivity index (χ1v) is 9.92.